The molecule has 2 N–H and O–H groups in total. The summed E-state index contributed by atoms with van der Waals surface area (Å²) in [5.74, 6) is -2.26. The molecule has 0 atom stereocenters. The highest BCUT2D eigenvalue weighted by Crippen LogP contribution is 2.20. The lowest BCUT2D eigenvalue weighted by Gasteiger charge is -2.26. The first-order valence-electron chi connectivity index (χ1n) is 13.6. The molecule has 0 aromatic heterocycles. The summed E-state index contributed by atoms with van der Waals surface area (Å²) in [6, 6.07) is 16.3. The highest BCUT2D eigenvalue weighted by atomic mass is 35.5. The van der Waals surface area contributed by atoms with Crippen molar-refractivity contribution in [3.8, 4) is 12.1 Å². The molecule has 2 aromatic rings. The van der Waals surface area contributed by atoms with Gasteiger partial charge in [-0.25, -0.2) is 10.0 Å². The number of hydrogen-bond acceptors (Lipinski definition) is 8. The van der Waals surface area contributed by atoms with Crippen LogP contribution in [0.3, 0.4) is 0 Å². The average molecular weight is 656 g/mol. The molecular weight excluding hydrogens is 627 g/mol. The predicted octanol–water partition coefficient (Wildman–Crippen LogP) is 6.25. The Bertz CT molecular complexity index is 1700. The third-order valence-corrected chi connectivity index (χ3v) is 7.04. The van der Waals surface area contributed by atoms with Gasteiger partial charge in [-0.2, -0.15) is 10.5 Å². The summed E-state index contributed by atoms with van der Waals surface area (Å²) in [6.07, 6.45) is 7.71. The maximum Gasteiger partial charge on any atom is 0.287 e. The van der Waals surface area contributed by atoms with Crippen LogP contribution in [0.4, 0.5) is 0 Å². The quantitative estimate of drug-likeness (QED) is 0.251. The van der Waals surface area contributed by atoms with Crippen LogP contribution in [0.5, 0.6) is 0 Å². The number of allylic oxidation sites excluding steroid dienone is 8. The predicted molar refractivity (Wildman–Crippen MR) is 174 cm³/mol. The SMILES string of the molecule is CC1=C/C(C)=C(/C#N)C(=O)N(N/C=C\C(=O)c2ccc(Cl)cc2)/C(C)=C/C(C)=C(/C#N)C(=O)N1N/C=C\C(=O)c1ccc(Cl)cc1. The number of carbonyl (C=O) groups excluding carboxylic acids is 4. The second-order valence-electron chi connectivity index (χ2n) is 9.86. The van der Waals surface area contributed by atoms with Crippen LogP contribution in [-0.2, 0) is 9.59 Å². The lowest BCUT2D eigenvalue weighted by Crippen LogP contribution is -2.41. The molecule has 0 bridgehead atoms. The van der Waals surface area contributed by atoms with Crippen molar-refractivity contribution in [1.29, 1.82) is 10.5 Å². The van der Waals surface area contributed by atoms with Crippen LogP contribution in [0.15, 0.2) is 119 Å². The molecule has 232 valence electrons. The number of hydrazine groups is 2. The average Bonchev–Trinajstić information content (AvgIpc) is 3.01. The Morgan fingerprint density at radius 2 is 0.978 bits per heavy atom. The molecule has 0 saturated heterocycles. The van der Waals surface area contributed by atoms with E-state index in [4.69, 9.17) is 23.2 Å². The molecule has 2 aromatic carbocycles. The molecule has 10 nitrogen and oxygen atoms in total. The van der Waals surface area contributed by atoms with Gasteiger partial charge in [-0.3, -0.25) is 30.0 Å². The molecule has 1 aliphatic rings. The zero-order chi connectivity index (χ0) is 34.0. The second-order valence-corrected chi connectivity index (χ2v) is 10.7. The number of amides is 2. The van der Waals surface area contributed by atoms with E-state index in [0.717, 1.165) is 10.0 Å². The largest absolute Gasteiger partial charge is 0.299 e. The van der Waals surface area contributed by atoms with Gasteiger partial charge in [0.2, 0.25) is 0 Å². The molecule has 0 unspecified atom stereocenters. The lowest BCUT2D eigenvalue weighted by atomic mass is 10.1. The number of halogens is 2. The third kappa shape index (κ3) is 8.70. The van der Waals surface area contributed by atoms with Crippen molar-refractivity contribution in [2.24, 2.45) is 0 Å². The van der Waals surface area contributed by atoms with Gasteiger partial charge in [-0.05, 0) is 99.5 Å². The molecule has 0 spiro atoms. The second kappa shape index (κ2) is 15.9. The summed E-state index contributed by atoms with van der Waals surface area (Å²) in [5.41, 5.74) is 6.48. The number of carbonyl (C=O) groups is 4. The molecule has 0 aliphatic carbocycles. The van der Waals surface area contributed by atoms with Gasteiger partial charge >= 0.3 is 0 Å². The first-order chi connectivity index (χ1) is 21.9. The number of nitrogens with zero attached hydrogens (tertiary/aromatic N) is 4. The van der Waals surface area contributed by atoms with E-state index < -0.39 is 11.8 Å². The maximum atomic E-state index is 13.7. The van der Waals surface area contributed by atoms with Crippen molar-refractivity contribution in [3.05, 3.63) is 140 Å². The van der Waals surface area contributed by atoms with Crippen LogP contribution in [-0.4, -0.2) is 33.4 Å². The van der Waals surface area contributed by atoms with Crippen LogP contribution >= 0.6 is 23.2 Å². The number of benzene rings is 2. The fourth-order valence-corrected chi connectivity index (χ4v) is 4.42. The Labute approximate surface area is 276 Å². The van der Waals surface area contributed by atoms with Crippen LogP contribution in [0.1, 0.15) is 48.4 Å². The molecule has 0 radical (unpaired) electrons. The van der Waals surface area contributed by atoms with Gasteiger partial charge in [0.1, 0.15) is 23.3 Å². The van der Waals surface area contributed by atoms with Crippen molar-refractivity contribution < 1.29 is 19.2 Å². The Balaban J connectivity index is 2.01. The van der Waals surface area contributed by atoms with Crippen LogP contribution in [0, 0.1) is 22.7 Å². The number of hydrogen-bond donors (Lipinski definition) is 2. The van der Waals surface area contributed by atoms with Crippen molar-refractivity contribution in [1.82, 2.24) is 20.9 Å². The highest BCUT2D eigenvalue weighted by Gasteiger charge is 2.26. The van der Waals surface area contributed by atoms with Gasteiger partial charge in [-0.1, -0.05) is 23.2 Å². The van der Waals surface area contributed by atoms with E-state index in [-0.39, 0.29) is 45.3 Å². The van der Waals surface area contributed by atoms with E-state index in [1.54, 1.807) is 48.5 Å². The van der Waals surface area contributed by atoms with E-state index in [1.165, 1.54) is 64.4 Å². The molecule has 46 heavy (non-hydrogen) atoms. The van der Waals surface area contributed by atoms with Crippen molar-refractivity contribution in [2.75, 3.05) is 0 Å². The van der Waals surface area contributed by atoms with Gasteiger partial charge in [0.25, 0.3) is 11.8 Å². The Kier molecular flexibility index (Phi) is 12.0. The minimum atomic E-state index is -0.757. The van der Waals surface area contributed by atoms with Gasteiger partial charge in [0, 0.05) is 57.1 Å². The summed E-state index contributed by atoms with van der Waals surface area (Å²) < 4.78 is 0. The number of nitriles is 2. The zero-order valence-corrected chi connectivity index (χ0v) is 26.8. The highest BCUT2D eigenvalue weighted by molar-refractivity contribution is 6.31. The fraction of sp³-hybridized carbons (Fsp3) is 0.118. The van der Waals surface area contributed by atoms with Crippen molar-refractivity contribution in [3.63, 3.8) is 0 Å². The molecular formula is C34H28Cl2N6O4. The van der Waals surface area contributed by atoms with Crippen LogP contribution < -0.4 is 10.9 Å². The van der Waals surface area contributed by atoms with Gasteiger partial charge in [-0.15, -0.1) is 0 Å². The first-order valence-corrected chi connectivity index (χ1v) is 14.4. The smallest absolute Gasteiger partial charge is 0.287 e. The zero-order valence-electron chi connectivity index (χ0n) is 25.3. The third-order valence-electron chi connectivity index (χ3n) is 6.54. The Morgan fingerprint density at radius 1 is 0.652 bits per heavy atom. The van der Waals surface area contributed by atoms with E-state index in [9.17, 15) is 29.7 Å². The van der Waals surface area contributed by atoms with Gasteiger partial charge < -0.3 is 0 Å². The molecule has 1 heterocycles. The first kappa shape index (κ1) is 34.8. The van der Waals surface area contributed by atoms with Crippen LogP contribution in [0.25, 0.3) is 0 Å². The van der Waals surface area contributed by atoms with Gasteiger partial charge in [0.15, 0.2) is 11.6 Å². The summed E-state index contributed by atoms with van der Waals surface area (Å²) in [5, 5.41) is 22.9. The summed E-state index contributed by atoms with van der Waals surface area (Å²) in [4.78, 5) is 52.5. The van der Waals surface area contributed by atoms with Crippen LogP contribution in [0.2, 0.25) is 10.0 Å². The molecule has 1 aliphatic heterocycles. The fourth-order valence-electron chi connectivity index (χ4n) is 4.17. The summed E-state index contributed by atoms with van der Waals surface area (Å²) in [6.45, 7) is 6.08. The van der Waals surface area contributed by atoms with E-state index in [1.807, 2.05) is 12.1 Å². The van der Waals surface area contributed by atoms with Gasteiger partial charge in [0.05, 0.1) is 0 Å². The van der Waals surface area contributed by atoms with E-state index >= 15 is 0 Å². The minimum Gasteiger partial charge on any atom is -0.299 e. The normalized spacial score (nSPS) is 19.0. The maximum absolute atomic E-state index is 13.7. The topological polar surface area (TPSA) is 146 Å². The molecule has 0 fully saturated rings. The van der Waals surface area contributed by atoms with E-state index in [2.05, 4.69) is 10.9 Å². The van der Waals surface area contributed by atoms with E-state index in [0.29, 0.717) is 21.2 Å². The molecule has 3 rings (SSSR count). The standard InChI is InChI=1S/C34H28Cl2N6O4/c1-21-17-23(3)41(39-15-13-31(43)25-5-9-27(35)10-6-25)34(46)30(20-38)22(2)18-24(4)42(33(45)29(21)19-37)40-16-14-32(44)26-7-11-28(36)12-8-26/h5-18,39-40H,1-4H3/b15-13-,16-14-,23-17+,24-18?,29-21-,30-22-. The van der Waals surface area contributed by atoms with Crippen molar-refractivity contribution in [2.45, 2.75) is 27.7 Å². The van der Waals surface area contributed by atoms with Crippen molar-refractivity contribution >= 4 is 46.6 Å². The number of ketones is 2. The summed E-state index contributed by atoms with van der Waals surface area (Å²) in [7, 11) is 0. The number of rotatable bonds is 8. The Hall–Kier alpha value is -5.68. The molecule has 0 saturated carbocycles. The lowest BCUT2D eigenvalue weighted by molar-refractivity contribution is -0.127. The minimum absolute atomic E-state index is 0.200. The summed E-state index contributed by atoms with van der Waals surface area (Å²) >= 11 is 11.8. The molecule has 12 heteroatoms. The monoisotopic (exact) mass is 654 g/mol. The molecule has 2 amide bonds. The number of nitrogens with one attached hydrogen (secondary N) is 2. The Morgan fingerprint density at radius 3 is 1.28 bits per heavy atom.